The number of nitrogens with zero attached hydrogens (tertiary/aromatic N) is 1. The van der Waals surface area contributed by atoms with E-state index in [0.29, 0.717) is 12.5 Å². The normalized spacial score (nSPS) is 18.9. The maximum atomic E-state index is 8.65. The van der Waals surface area contributed by atoms with Gasteiger partial charge in [0.1, 0.15) is 0 Å². The first-order valence-electron chi connectivity index (χ1n) is 3.17. The van der Waals surface area contributed by atoms with Crippen LogP contribution in [-0.2, 0) is 21.1 Å². The van der Waals surface area contributed by atoms with Crippen LogP contribution in [0.3, 0.4) is 0 Å². The number of aliphatic hydroxyl groups excluding tert-OH is 1. The fourth-order valence-corrected chi connectivity index (χ4v) is 0.986. The van der Waals surface area contributed by atoms with Crippen LogP contribution in [0.4, 0.5) is 0 Å². The van der Waals surface area contributed by atoms with Crippen molar-refractivity contribution in [1.82, 2.24) is 0 Å². The molecule has 1 heterocycles. The zero-order valence-corrected chi connectivity index (χ0v) is 9.35. The standard InChI is InChI=1S/C6H12NO.CH3.W/c8-5-6-1-3-7-4-2-6;;/h6,8H,1-5H2;1H3;/q2*-1;+2. The van der Waals surface area contributed by atoms with E-state index in [0.717, 1.165) is 25.9 Å². The number of aliphatic hydroxyl groups is 1. The first kappa shape index (κ1) is 13.2. The predicted octanol–water partition coefficient (Wildman–Crippen LogP) is 1.21. The molecule has 1 saturated heterocycles. The molecule has 0 saturated carbocycles. The van der Waals surface area contributed by atoms with Crippen LogP contribution in [0.25, 0.3) is 5.32 Å². The molecule has 0 amide bonds. The van der Waals surface area contributed by atoms with Gasteiger partial charge in [0.05, 0.1) is 0 Å². The van der Waals surface area contributed by atoms with E-state index in [4.69, 9.17) is 5.11 Å². The fraction of sp³-hybridized carbons (Fsp3) is 0.857. The van der Waals surface area contributed by atoms with Gasteiger partial charge in [0.2, 0.25) is 0 Å². The Labute approximate surface area is 77.7 Å². The molecular formula is C7H15NOW. The molecule has 0 unspecified atom stereocenters. The van der Waals surface area contributed by atoms with Gasteiger partial charge >= 0.3 is 21.1 Å². The smallest absolute Gasteiger partial charge is 0.662 e. The Kier molecular flexibility index (Phi) is 10.2. The van der Waals surface area contributed by atoms with Crippen LogP contribution in [0.2, 0.25) is 0 Å². The molecule has 0 spiro atoms. The third-order valence-corrected chi connectivity index (χ3v) is 1.65. The molecule has 1 fully saturated rings. The van der Waals surface area contributed by atoms with Crippen molar-refractivity contribution in [2.45, 2.75) is 12.8 Å². The fourth-order valence-electron chi connectivity index (χ4n) is 0.986. The zero-order chi connectivity index (χ0) is 5.82. The maximum absolute atomic E-state index is 8.65. The van der Waals surface area contributed by atoms with Crippen LogP contribution in [0.5, 0.6) is 0 Å². The summed E-state index contributed by atoms with van der Waals surface area (Å²) in [5, 5.41) is 12.8. The van der Waals surface area contributed by atoms with Crippen molar-refractivity contribution >= 4 is 0 Å². The van der Waals surface area contributed by atoms with Crippen molar-refractivity contribution in [3.05, 3.63) is 12.7 Å². The van der Waals surface area contributed by atoms with E-state index in [1.807, 2.05) is 0 Å². The summed E-state index contributed by atoms with van der Waals surface area (Å²) in [4.78, 5) is 0. The quantitative estimate of drug-likeness (QED) is 0.726. The van der Waals surface area contributed by atoms with Crippen LogP contribution in [0.15, 0.2) is 0 Å². The molecule has 0 aromatic rings. The molecule has 0 aromatic heterocycles. The van der Waals surface area contributed by atoms with Crippen LogP contribution in [0.1, 0.15) is 12.8 Å². The number of hydrogen-bond donors (Lipinski definition) is 1. The molecule has 2 nitrogen and oxygen atoms in total. The SMILES string of the molecule is OCC1CC[N-]CC1.[CH3-].[W+2]. The van der Waals surface area contributed by atoms with Gasteiger partial charge < -0.3 is 17.8 Å². The van der Waals surface area contributed by atoms with E-state index >= 15 is 0 Å². The summed E-state index contributed by atoms with van der Waals surface area (Å²) < 4.78 is 0. The average molecular weight is 313 g/mol. The van der Waals surface area contributed by atoms with Gasteiger partial charge in [-0.2, -0.15) is 0 Å². The zero-order valence-electron chi connectivity index (χ0n) is 6.42. The minimum absolute atomic E-state index is 0. The Morgan fingerprint density at radius 3 is 2.10 bits per heavy atom. The summed E-state index contributed by atoms with van der Waals surface area (Å²) in [7, 11) is 0. The minimum atomic E-state index is 0. The Bertz CT molecular complexity index is 64.6. The molecular weight excluding hydrogens is 298 g/mol. The monoisotopic (exact) mass is 313 g/mol. The van der Waals surface area contributed by atoms with Crippen molar-refractivity contribution in [3.63, 3.8) is 0 Å². The largest absolute Gasteiger partial charge is 2.00 e. The topological polar surface area (TPSA) is 34.3 Å². The van der Waals surface area contributed by atoms with E-state index in [9.17, 15) is 0 Å². The molecule has 10 heavy (non-hydrogen) atoms. The van der Waals surface area contributed by atoms with Crippen LogP contribution in [0, 0.1) is 13.3 Å². The second kappa shape index (κ2) is 7.71. The van der Waals surface area contributed by atoms with Gasteiger partial charge in [0, 0.05) is 6.61 Å². The second-order valence-electron chi connectivity index (χ2n) is 2.30. The summed E-state index contributed by atoms with van der Waals surface area (Å²) in [5.74, 6) is 0.549. The predicted molar refractivity (Wildman–Crippen MR) is 39.3 cm³/mol. The third kappa shape index (κ3) is 4.43. The number of hydrogen-bond acceptors (Lipinski definition) is 1. The molecule has 0 aliphatic carbocycles. The summed E-state index contributed by atoms with van der Waals surface area (Å²) in [6.07, 6.45) is 2.19. The van der Waals surface area contributed by atoms with Crippen LogP contribution >= 0.6 is 0 Å². The van der Waals surface area contributed by atoms with Gasteiger partial charge in [-0.15, -0.1) is 13.1 Å². The van der Waals surface area contributed by atoms with Crippen LogP contribution < -0.4 is 0 Å². The number of piperidine rings is 1. The molecule has 1 aliphatic rings. The summed E-state index contributed by atoms with van der Waals surface area (Å²) in [6, 6.07) is 0. The first-order valence-corrected chi connectivity index (χ1v) is 3.17. The average Bonchev–Trinajstić information content (AvgIpc) is 1.90. The third-order valence-electron chi connectivity index (χ3n) is 1.65. The van der Waals surface area contributed by atoms with Crippen molar-refractivity contribution in [3.8, 4) is 0 Å². The molecule has 1 rings (SSSR count). The molecule has 0 atom stereocenters. The molecule has 0 bridgehead atoms. The Balaban J connectivity index is 0. The Morgan fingerprint density at radius 1 is 1.30 bits per heavy atom. The van der Waals surface area contributed by atoms with E-state index < -0.39 is 0 Å². The van der Waals surface area contributed by atoms with Gasteiger partial charge in [-0.3, -0.25) is 0 Å². The van der Waals surface area contributed by atoms with Gasteiger partial charge in [0.15, 0.2) is 0 Å². The summed E-state index contributed by atoms with van der Waals surface area (Å²) >= 11 is 0. The first-order chi connectivity index (χ1) is 3.93. The van der Waals surface area contributed by atoms with Crippen molar-refractivity contribution in [2.24, 2.45) is 5.92 Å². The van der Waals surface area contributed by atoms with Gasteiger partial charge in [-0.1, -0.05) is 12.8 Å². The van der Waals surface area contributed by atoms with E-state index in [1.165, 1.54) is 0 Å². The van der Waals surface area contributed by atoms with Gasteiger partial charge in [0.25, 0.3) is 0 Å². The molecule has 0 aromatic carbocycles. The van der Waals surface area contributed by atoms with E-state index in [1.54, 1.807) is 0 Å². The summed E-state index contributed by atoms with van der Waals surface area (Å²) in [5.41, 5.74) is 0. The molecule has 1 N–H and O–H groups in total. The van der Waals surface area contributed by atoms with E-state index in [-0.39, 0.29) is 28.5 Å². The molecule has 3 heteroatoms. The second-order valence-corrected chi connectivity index (χ2v) is 2.30. The molecule has 0 radical (unpaired) electrons. The number of rotatable bonds is 1. The Hall–Kier alpha value is 0.608. The molecule has 1 aliphatic heterocycles. The van der Waals surface area contributed by atoms with Crippen molar-refractivity contribution in [2.75, 3.05) is 19.7 Å². The van der Waals surface area contributed by atoms with Crippen molar-refractivity contribution in [1.29, 1.82) is 0 Å². The maximum Gasteiger partial charge on any atom is 2.00 e. The van der Waals surface area contributed by atoms with E-state index in [2.05, 4.69) is 5.32 Å². The summed E-state index contributed by atoms with van der Waals surface area (Å²) in [6.45, 7) is 2.28. The van der Waals surface area contributed by atoms with Crippen molar-refractivity contribution < 1.29 is 26.2 Å². The van der Waals surface area contributed by atoms with Gasteiger partial charge in [-0.25, -0.2) is 0 Å². The minimum Gasteiger partial charge on any atom is -0.662 e. The molecule has 60 valence electrons. The van der Waals surface area contributed by atoms with Gasteiger partial charge in [-0.05, 0) is 5.92 Å². The van der Waals surface area contributed by atoms with Crippen LogP contribution in [-0.4, -0.2) is 24.8 Å². The Morgan fingerprint density at radius 2 is 1.80 bits per heavy atom.